The smallest absolute Gasteiger partial charge is 0.770 e. The van der Waals surface area contributed by atoms with E-state index >= 15 is 0 Å². The van der Waals surface area contributed by atoms with Crippen molar-refractivity contribution >= 4 is 24.9 Å². The number of benzene rings is 1. The van der Waals surface area contributed by atoms with Gasteiger partial charge in [-0.1, -0.05) is 11.6 Å². The quantitative estimate of drug-likeness (QED) is 0.509. The first-order chi connectivity index (χ1) is 6.39. The molecule has 0 bridgehead atoms. The Bertz CT molecular complexity index is 387. The maximum absolute atomic E-state index is 10.6. The van der Waals surface area contributed by atoms with E-state index < -0.39 is 13.3 Å². The van der Waals surface area contributed by atoms with Crippen LogP contribution >= 0.6 is 19.2 Å². The molecule has 0 aliphatic heterocycles. The minimum Gasteiger partial charge on any atom is -0.770 e. The first-order valence-corrected chi connectivity index (χ1v) is 5.37. The molecule has 0 aliphatic rings. The zero-order valence-corrected chi connectivity index (χ0v) is 11.4. The van der Waals surface area contributed by atoms with Gasteiger partial charge in [0.05, 0.1) is 0 Å². The van der Waals surface area contributed by atoms with Gasteiger partial charge in [-0.15, -0.1) is 0 Å². The van der Waals surface area contributed by atoms with Crippen LogP contribution in [-0.4, -0.2) is 10.6 Å². The summed E-state index contributed by atoms with van der Waals surface area (Å²) in [7, 11) is -5.08. The Morgan fingerprint density at radius 2 is 1.87 bits per heavy atom. The van der Waals surface area contributed by atoms with Gasteiger partial charge in [-0.05, 0) is 24.3 Å². The molecule has 1 N–H and O–H groups in total. The van der Waals surface area contributed by atoms with Gasteiger partial charge in [-0.3, -0.25) is 4.57 Å². The average Bonchev–Trinajstić information content (AvgIpc) is 2.07. The molecule has 8 heteroatoms. The molecule has 1 unspecified atom stereocenters. The van der Waals surface area contributed by atoms with Crippen LogP contribution in [0.2, 0.25) is 5.02 Å². The largest absolute Gasteiger partial charge is 1.00 e. The van der Waals surface area contributed by atoms with Gasteiger partial charge in [-0.2, -0.15) is 0 Å². The van der Waals surface area contributed by atoms with E-state index in [1.54, 1.807) is 0 Å². The molecule has 1 atom stereocenters. The SMILES string of the molecule is O=C(Oc1ccc(Cl)cc1)P(=O)([O-])O.[Na+]. The van der Waals surface area contributed by atoms with E-state index in [1.165, 1.54) is 24.3 Å². The number of carbonyl (C=O) groups excluding carboxylic acids is 1. The number of halogens is 1. The van der Waals surface area contributed by atoms with Gasteiger partial charge in [0.2, 0.25) is 7.60 Å². The molecule has 0 spiro atoms. The minimum absolute atomic E-state index is 0. The second kappa shape index (κ2) is 6.01. The Kier molecular flexibility index (Phi) is 6.06. The summed E-state index contributed by atoms with van der Waals surface area (Å²) >= 11 is 5.53. The third-order valence-electron chi connectivity index (χ3n) is 1.25. The Morgan fingerprint density at radius 1 is 1.40 bits per heavy atom. The summed E-state index contributed by atoms with van der Waals surface area (Å²) in [5.41, 5.74) is -1.69. The molecule has 0 fully saturated rings. The first-order valence-electron chi connectivity index (χ1n) is 3.41. The maximum atomic E-state index is 10.6. The van der Waals surface area contributed by atoms with E-state index in [0.717, 1.165) is 0 Å². The monoisotopic (exact) mass is 258 g/mol. The van der Waals surface area contributed by atoms with E-state index in [-0.39, 0.29) is 35.3 Å². The van der Waals surface area contributed by atoms with Gasteiger partial charge in [0, 0.05) is 5.02 Å². The first kappa shape index (κ1) is 15.1. The summed E-state index contributed by atoms with van der Waals surface area (Å²) < 4.78 is 14.6. The van der Waals surface area contributed by atoms with Crippen molar-refractivity contribution in [3.63, 3.8) is 0 Å². The number of carbonyl (C=O) groups is 1. The summed E-state index contributed by atoms with van der Waals surface area (Å²) in [6.07, 6.45) is 0. The molecule has 0 amide bonds. The summed E-state index contributed by atoms with van der Waals surface area (Å²) in [6, 6.07) is 5.43. The van der Waals surface area contributed by atoms with Crippen molar-refractivity contribution in [2.45, 2.75) is 0 Å². The summed E-state index contributed by atoms with van der Waals surface area (Å²) in [5, 5.41) is 0.416. The molecule has 0 heterocycles. The Hall–Kier alpha value is 0.130. The Labute approximate surface area is 113 Å². The zero-order chi connectivity index (χ0) is 10.8. The predicted molar refractivity (Wildman–Crippen MR) is 47.3 cm³/mol. The molecule has 0 aliphatic carbocycles. The van der Waals surface area contributed by atoms with Gasteiger partial charge in [-0.25, -0.2) is 4.79 Å². The minimum atomic E-state index is -5.08. The van der Waals surface area contributed by atoms with Crippen molar-refractivity contribution in [2.24, 2.45) is 0 Å². The predicted octanol–water partition coefficient (Wildman–Crippen LogP) is -1.61. The molecule has 1 rings (SSSR count). The van der Waals surface area contributed by atoms with Crippen molar-refractivity contribution in [2.75, 3.05) is 0 Å². The van der Waals surface area contributed by atoms with Crippen LogP contribution in [0, 0.1) is 0 Å². The van der Waals surface area contributed by atoms with Crippen LogP contribution in [0.5, 0.6) is 5.75 Å². The van der Waals surface area contributed by atoms with Gasteiger partial charge in [0.25, 0.3) is 0 Å². The third-order valence-corrected chi connectivity index (χ3v) is 2.05. The standard InChI is InChI=1S/C7H6ClO5P.Na/c8-5-1-3-6(4-2-5)13-7(9)14(10,11)12;/h1-4H,(H2,10,11,12);/q;+1/p-1. The normalized spacial score (nSPS) is 13.5. The molecule has 1 aromatic carbocycles. The molecule has 0 aromatic heterocycles. The van der Waals surface area contributed by atoms with Gasteiger partial charge in [0.15, 0.2) is 0 Å². The fourth-order valence-corrected chi connectivity index (χ4v) is 1.01. The van der Waals surface area contributed by atoms with E-state index in [1.807, 2.05) is 0 Å². The van der Waals surface area contributed by atoms with Crippen molar-refractivity contribution in [3.8, 4) is 5.75 Å². The summed E-state index contributed by atoms with van der Waals surface area (Å²) in [5.74, 6) is -0.00970. The van der Waals surface area contributed by atoms with E-state index in [9.17, 15) is 14.3 Å². The van der Waals surface area contributed by atoms with Crippen molar-refractivity contribution in [1.29, 1.82) is 0 Å². The molecular formula is C7H5ClNaO5P. The van der Waals surface area contributed by atoms with E-state index in [4.69, 9.17) is 16.5 Å². The van der Waals surface area contributed by atoms with E-state index in [2.05, 4.69) is 4.74 Å². The number of hydrogen-bond donors (Lipinski definition) is 1. The molecule has 0 saturated carbocycles. The van der Waals surface area contributed by atoms with E-state index in [0.29, 0.717) is 5.02 Å². The van der Waals surface area contributed by atoms with Crippen LogP contribution < -0.4 is 39.2 Å². The van der Waals surface area contributed by atoms with Crippen molar-refractivity contribution in [3.05, 3.63) is 29.3 Å². The number of hydrogen-bond acceptors (Lipinski definition) is 4. The molecule has 0 saturated heterocycles. The number of ether oxygens (including phenoxy) is 1. The fraction of sp³-hybridized carbons (Fsp3) is 0. The average molecular weight is 259 g/mol. The molecule has 5 nitrogen and oxygen atoms in total. The van der Waals surface area contributed by atoms with Crippen LogP contribution in [0.25, 0.3) is 0 Å². The third kappa shape index (κ3) is 5.13. The fourth-order valence-electron chi connectivity index (χ4n) is 0.661. The van der Waals surface area contributed by atoms with Crippen LogP contribution in [0.15, 0.2) is 24.3 Å². The zero-order valence-electron chi connectivity index (χ0n) is 7.71. The molecule has 1 aromatic rings. The number of rotatable bonds is 2. The molecule has 76 valence electrons. The van der Waals surface area contributed by atoms with Crippen LogP contribution in [0.3, 0.4) is 0 Å². The van der Waals surface area contributed by atoms with Crippen LogP contribution in [0.4, 0.5) is 4.79 Å². The second-order valence-corrected chi connectivity index (χ2v) is 4.18. The van der Waals surface area contributed by atoms with Gasteiger partial charge < -0.3 is 14.5 Å². The van der Waals surface area contributed by atoms with Crippen molar-refractivity contribution in [1.82, 2.24) is 0 Å². The summed E-state index contributed by atoms with van der Waals surface area (Å²) in [6.45, 7) is 0. The van der Waals surface area contributed by atoms with Crippen LogP contribution in [-0.2, 0) is 4.57 Å². The Morgan fingerprint density at radius 3 is 2.27 bits per heavy atom. The molecular weight excluding hydrogens is 253 g/mol. The summed E-state index contributed by atoms with van der Waals surface area (Å²) in [4.78, 5) is 29.2. The Balaban J connectivity index is 0.00000196. The molecule has 15 heavy (non-hydrogen) atoms. The molecule has 0 radical (unpaired) electrons. The van der Waals surface area contributed by atoms with Gasteiger partial charge >= 0.3 is 35.3 Å². The second-order valence-electron chi connectivity index (χ2n) is 2.34. The van der Waals surface area contributed by atoms with Gasteiger partial charge in [0.1, 0.15) is 5.75 Å². The van der Waals surface area contributed by atoms with Crippen LogP contribution in [0.1, 0.15) is 0 Å². The maximum Gasteiger partial charge on any atom is 1.00 e. The topological polar surface area (TPSA) is 86.7 Å². The van der Waals surface area contributed by atoms with Crippen molar-refractivity contribution < 1.29 is 53.4 Å².